The standard InChI is InChI=1S/C14H18INO5/c1-3-4-14(19)21-8-13(18)16-7-9-5-12(20-2)11(17)6-10(9)15/h5-6,17H,3-4,7-8H2,1-2H3,(H,16,18). The van der Waals surface area contributed by atoms with Gasteiger partial charge in [0.25, 0.3) is 5.91 Å². The van der Waals surface area contributed by atoms with Gasteiger partial charge in [0.2, 0.25) is 0 Å². The van der Waals surface area contributed by atoms with Gasteiger partial charge in [-0.05, 0) is 46.7 Å². The Bertz CT molecular complexity index is 518. The molecule has 0 unspecified atom stereocenters. The number of hydrogen-bond acceptors (Lipinski definition) is 5. The van der Waals surface area contributed by atoms with Crippen LogP contribution in [0.4, 0.5) is 0 Å². The number of aromatic hydroxyl groups is 1. The van der Waals surface area contributed by atoms with Gasteiger partial charge in [0.15, 0.2) is 18.1 Å². The zero-order chi connectivity index (χ0) is 15.8. The first kappa shape index (κ1) is 17.5. The van der Waals surface area contributed by atoms with Crippen molar-refractivity contribution >= 4 is 34.5 Å². The van der Waals surface area contributed by atoms with Crippen molar-refractivity contribution in [1.29, 1.82) is 0 Å². The fraction of sp³-hybridized carbons (Fsp3) is 0.429. The summed E-state index contributed by atoms with van der Waals surface area (Å²) in [5, 5.41) is 12.3. The molecule has 0 saturated carbocycles. The fourth-order valence-corrected chi connectivity index (χ4v) is 2.19. The molecule has 1 amide bonds. The summed E-state index contributed by atoms with van der Waals surface area (Å²) in [7, 11) is 1.46. The van der Waals surface area contributed by atoms with Crippen LogP contribution in [0, 0.1) is 3.57 Å². The third kappa shape index (κ3) is 5.78. The number of nitrogens with one attached hydrogen (secondary N) is 1. The van der Waals surface area contributed by atoms with Gasteiger partial charge in [-0.2, -0.15) is 0 Å². The molecule has 1 aromatic rings. The number of halogens is 1. The highest BCUT2D eigenvalue weighted by atomic mass is 127. The molecule has 0 fully saturated rings. The summed E-state index contributed by atoms with van der Waals surface area (Å²) >= 11 is 2.06. The van der Waals surface area contributed by atoms with Crippen LogP contribution in [0.3, 0.4) is 0 Å². The first-order valence-corrected chi connectivity index (χ1v) is 7.53. The molecule has 21 heavy (non-hydrogen) atoms. The Balaban J connectivity index is 2.51. The smallest absolute Gasteiger partial charge is 0.306 e. The van der Waals surface area contributed by atoms with Gasteiger partial charge in [-0.15, -0.1) is 0 Å². The maximum absolute atomic E-state index is 11.6. The molecular weight excluding hydrogens is 389 g/mol. The van der Waals surface area contributed by atoms with E-state index in [1.165, 1.54) is 7.11 Å². The van der Waals surface area contributed by atoms with Gasteiger partial charge >= 0.3 is 5.97 Å². The maximum Gasteiger partial charge on any atom is 0.306 e. The lowest BCUT2D eigenvalue weighted by Gasteiger charge is -2.11. The summed E-state index contributed by atoms with van der Waals surface area (Å²) in [6.45, 7) is 1.84. The Morgan fingerprint density at radius 3 is 2.71 bits per heavy atom. The molecular formula is C14H18INO5. The fourth-order valence-electron chi connectivity index (χ4n) is 1.55. The van der Waals surface area contributed by atoms with E-state index in [-0.39, 0.29) is 30.8 Å². The molecule has 1 aromatic carbocycles. The first-order chi connectivity index (χ1) is 9.97. The van der Waals surface area contributed by atoms with Crippen LogP contribution in [-0.4, -0.2) is 30.7 Å². The number of carbonyl (C=O) groups excluding carboxylic acids is 2. The third-order valence-electron chi connectivity index (χ3n) is 2.64. The lowest BCUT2D eigenvalue weighted by molar-refractivity contribution is -0.148. The van der Waals surface area contributed by atoms with Crippen LogP contribution in [-0.2, 0) is 20.9 Å². The Labute approximate surface area is 137 Å². The molecule has 2 N–H and O–H groups in total. The topological polar surface area (TPSA) is 84.9 Å². The summed E-state index contributed by atoms with van der Waals surface area (Å²) < 4.78 is 10.6. The average molecular weight is 407 g/mol. The summed E-state index contributed by atoms with van der Waals surface area (Å²) in [5.74, 6) is -0.365. The number of methoxy groups -OCH3 is 1. The maximum atomic E-state index is 11.6. The zero-order valence-corrected chi connectivity index (χ0v) is 14.1. The second kappa shape index (κ2) is 8.71. The quantitative estimate of drug-likeness (QED) is 0.534. The van der Waals surface area contributed by atoms with Crippen LogP contribution in [0.15, 0.2) is 12.1 Å². The highest BCUT2D eigenvalue weighted by Gasteiger charge is 2.10. The molecule has 0 aromatic heterocycles. The van der Waals surface area contributed by atoms with Crippen molar-refractivity contribution in [2.24, 2.45) is 0 Å². The van der Waals surface area contributed by atoms with Crippen molar-refractivity contribution in [3.8, 4) is 11.5 Å². The van der Waals surface area contributed by atoms with Crippen LogP contribution in [0.2, 0.25) is 0 Å². The van der Waals surface area contributed by atoms with E-state index in [1.54, 1.807) is 12.1 Å². The Hall–Kier alpha value is -1.51. The zero-order valence-electron chi connectivity index (χ0n) is 11.9. The number of carbonyl (C=O) groups is 2. The lowest BCUT2D eigenvalue weighted by atomic mass is 10.2. The molecule has 0 aliphatic heterocycles. The van der Waals surface area contributed by atoms with Crippen molar-refractivity contribution in [3.63, 3.8) is 0 Å². The third-order valence-corrected chi connectivity index (χ3v) is 3.65. The second-order valence-electron chi connectivity index (χ2n) is 4.30. The Kier molecular flexibility index (Phi) is 7.27. The van der Waals surface area contributed by atoms with Gasteiger partial charge in [-0.25, -0.2) is 0 Å². The van der Waals surface area contributed by atoms with E-state index < -0.39 is 0 Å². The van der Waals surface area contributed by atoms with Gasteiger partial charge in [-0.1, -0.05) is 6.92 Å². The SMILES string of the molecule is CCCC(=O)OCC(=O)NCc1cc(OC)c(O)cc1I. The predicted molar refractivity (Wildman–Crippen MR) is 85.1 cm³/mol. The van der Waals surface area contributed by atoms with Crippen LogP contribution in [0.1, 0.15) is 25.3 Å². The number of esters is 1. The Morgan fingerprint density at radius 1 is 1.38 bits per heavy atom. The van der Waals surface area contributed by atoms with E-state index in [0.717, 1.165) is 9.13 Å². The highest BCUT2D eigenvalue weighted by Crippen LogP contribution is 2.30. The minimum Gasteiger partial charge on any atom is -0.504 e. The minimum atomic E-state index is -0.381. The van der Waals surface area contributed by atoms with Gasteiger partial charge in [0.1, 0.15) is 0 Å². The normalized spacial score (nSPS) is 10.0. The molecule has 0 heterocycles. The van der Waals surface area contributed by atoms with Gasteiger partial charge in [0.05, 0.1) is 7.11 Å². The lowest BCUT2D eigenvalue weighted by Crippen LogP contribution is -2.28. The molecule has 0 radical (unpaired) electrons. The van der Waals surface area contributed by atoms with Gasteiger partial charge < -0.3 is 19.9 Å². The second-order valence-corrected chi connectivity index (χ2v) is 5.47. The first-order valence-electron chi connectivity index (χ1n) is 6.45. The highest BCUT2D eigenvalue weighted by molar-refractivity contribution is 14.1. The van der Waals surface area contributed by atoms with Crippen LogP contribution >= 0.6 is 22.6 Å². The van der Waals surface area contributed by atoms with Crippen molar-refractivity contribution in [3.05, 3.63) is 21.3 Å². The van der Waals surface area contributed by atoms with Crippen LogP contribution in [0.25, 0.3) is 0 Å². The molecule has 0 aliphatic carbocycles. The average Bonchev–Trinajstić information content (AvgIpc) is 2.44. The van der Waals surface area contributed by atoms with E-state index >= 15 is 0 Å². The van der Waals surface area contributed by atoms with E-state index in [0.29, 0.717) is 18.6 Å². The van der Waals surface area contributed by atoms with Crippen LogP contribution in [0.5, 0.6) is 11.5 Å². The van der Waals surface area contributed by atoms with Crippen molar-refractivity contribution in [1.82, 2.24) is 5.32 Å². The van der Waals surface area contributed by atoms with Crippen molar-refractivity contribution < 1.29 is 24.2 Å². The number of benzene rings is 1. The van der Waals surface area contributed by atoms with Crippen LogP contribution < -0.4 is 10.1 Å². The van der Waals surface area contributed by atoms with Gasteiger partial charge in [0, 0.05) is 16.5 Å². The molecule has 1 rings (SSSR count). The number of amides is 1. The number of phenolic OH excluding ortho intramolecular Hbond substituents is 1. The molecule has 0 bridgehead atoms. The molecule has 116 valence electrons. The Morgan fingerprint density at radius 2 is 2.10 bits per heavy atom. The molecule has 6 nitrogen and oxygen atoms in total. The van der Waals surface area contributed by atoms with Crippen molar-refractivity contribution in [2.45, 2.75) is 26.3 Å². The summed E-state index contributed by atoms with van der Waals surface area (Å²) in [5.41, 5.74) is 0.804. The van der Waals surface area contributed by atoms with E-state index in [1.807, 2.05) is 6.92 Å². The molecule has 0 saturated heterocycles. The van der Waals surface area contributed by atoms with Gasteiger partial charge in [-0.3, -0.25) is 9.59 Å². The van der Waals surface area contributed by atoms with E-state index in [2.05, 4.69) is 27.9 Å². The summed E-state index contributed by atoms with van der Waals surface area (Å²) in [6, 6.07) is 3.21. The van der Waals surface area contributed by atoms with Crippen molar-refractivity contribution in [2.75, 3.05) is 13.7 Å². The number of phenols is 1. The largest absolute Gasteiger partial charge is 0.504 e. The minimum absolute atomic E-state index is 0.0467. The summed E-state index contributed by atoms with van der Waals surface area (Å²) in [6.07, 6.45) is 0.992. The molecule has 0 atom stereocenters. The molecule has 0 spiro atoms. The number of rotatable bonds is 7. The summed E-state index contributed by atoms with van der Waals surface area (Å²) in [4.78, 5) is 22.7. The monoisotopic (exact) mass is 407 g/mol. The molecule has 7 heteroatoms. The number of ether oxygens (including phenoxy) is 2. The number of hydrogen-bond donors (Lipinski definition) is 2. The van der Waals surface area contributed by atoms with E-state index in [4.69, 9.17) is 9.47 Å². The molecule has 0 aliphatic rings. The van der Waals surface area contributed by atoms with E-state index in [9.17, 15) is 14.7 Å². The predicted octanol–water partition coefficient (Wildman–Crippen LogP) is 1.96.